The number of aliphatic hydroxyl groups is 1. The molecule has 5 heteroatoms. The maximum atomic E-state index is 12.4. The highest BCUT2D eigenvalue weighted by atomic mass is 16.4. The normalized spacial score (nSPS) is 21.1. The maximum Gasteiger partial charge on any atom is 0.228 e. The molecule has 1 saturated heterocycles. The molecule has 1 aromatic heterocycles. The second kappa shape index (κ2) is 6.44. The lowest BCUT2D eigenvalue weighted by molar-refractivity contribution is -0.131. The molecule has 0 bridgehead atoms. The number of carbonyl (C=O) groups is 1. The summed E-state index contributed by atoms with van der Waals surface area (Å²) in [5, 5.41) is 9.52. The minimum absolute atomic E-state index is 0.114. The van der Waals surface area contributed by atoms with Gasteiger partial charge >= 0.3 is 0 Å². The van der Waals surface area contributed by atoms with E-state index < -0.39 is 0 Å². The van der Waals surface area contributed by atoms with Gasteiger partial charge in [-0.3, -0.25) is 4.79 Å². The molecule has 2 aliphatic rings. The van der Waals surface area contributed by atoms with Gasteiger partial charge in [0.05, 0.1) is 12.1 Å². The van der Waals surface area contributed by atoms with Crippen LogP contribution in [-0.2, 0) is 11.2 Å². The quantitative estimate of drug-likeness (QED) is 0.929. The van der Waals surface area contributed by atoms with E-state index in [9.17, 15) is 9.90 Å². The van der Waals surface area contributed by atoms with Gasteiger partial charge in [0.15, 0.2) is 0 Å². The first-order chi connectivity index (χ1) is 11.0. The third-order valence-corrected chi connectivity index (χ3v) is 4.43. The molecule has 122 valence electrons. The summed E-state index contributed by atoms with van der Waals surface area (Å²) < 4.78 is 5.73. The number of rotatable bonds is 3. The smallest absolute Gasteiger partial charge is 0.228 e. The van der Waals surface area contributed by atoms with E-state index >= 15 is 0 Å². The Kier molecular flexibility index (Phi) is 4.37. The Labute approximate surface area is 136 Å². The zero-order chi connectivity index (χ0) is 16.4. The molecule has 3 rings (SSSR count). The molecule has 1 amide bonds. The predicted octanol–water partition coefficient (Wildman–Crippen LogP) is 3.32. The first kappa shape index (κ1) is 15.6. The number of nitrogens with zero attached hydrogens (tertiary/aromatic N) is 2. The summed E-state index contributed by atoms with van der Waals surface area (Å²) in [7, 11) is 0. The average molecular weight is 314 g/mol. The highest BCUT2D eigenvalue weighted by Crippen LogP contribution is 2.24. The third kappa shape index (κ3) is 3.38. The number of carbonyl (C=O) groups excluding carboxylic acids is 1. The average Bonchev–Trinajstić information content (AvgIpc) is 3.02. The Bertz CT molecular complexity index is 697. The van der Waals surface area contributed by atoms with Gasteiger partial charge in [-0.15, -0.1) is 0 Å². The van der Waals surface area contributed by atoms with Crippen LogP contribution in [0.4, 0.5) is 0 Å². The summed E-state index contributed by atoms with van der Waals surface area (Å²) in [6, 6.07) is 0.315. The number of aromatic nitrogens is 1. The lowest BCUT2D eigenvalue weighted by Crippen LogP contribution is -2.34. The second-order valence-corrected chi connectivity index (χ2v) is 6.13. The van der Waals surface area contributed by atoms with E-state index in [2.05, 4.69) is 11.9 Å². The highest BCUT2D eigenvalue weighted by Gasteiger charge is 2.26. The van der Waals surface area contributed by atoms with Crippen LogP contribution in [0.2, 0.25) is 0 Å². The Morgan fingerprint density at radius 1 is 1.43 bits per heavy atom. The third-order valence-electron chi connectivity index (χ3n) is 4.43. The number of aliphatic hydroxyl groups excluding tert-OH is 1. The van der Waals surface area contributed by atoms with E-state index in [-0.39, 0.29) is 18.1 Å². The van der Waals surface area contributed by atoms with Crippen LogP contribution in [0, 0.1) is 6.92 Å². The largest absolute Gasteiger partial charge is 0.508 e. The van der Waals surface area contributed by atoms with Crippen LogP contribution >= 0.6 is 0 Å². The van der Waals surface area contributed by atoms with Crippen molar-refractivity contribution in [1.29, 1.82) is 0 Å². The molecular weight excluding hydrogens is 292 g/mol. The van der Waals surface area contributed by atoms with Crippen molar-refractivity contribution in [3.8, 4) is 0 Å². The molecule has 0 aromatic carbocycles. The Morgan fingerprint density at radius 3 is 3.00 bits per heavy atom. The van der Waals surface area contributed by atoms with Gasteiger partial charge in [-0.05, 0) is 51.3 Å². The van der Waals surface area contributed by atoms with Crippen LogP contribution in [0.5, 0.6) is 0 Å². The van der Waals surface area contributed by atoms with Crippen molar-refractivity contribution in [3.05, 3.63) is 47.4 Å². The Morgan fingerprint density at radius 2 is 2.26 bits per heavy atom. The minimum atomic E-state index is 0.114. The molecule has 1 atom stereocenters. The molecule has 23 heavy (non-hydrogen) atoms. The number of likely N-dealkylation sites (tertiary alicyclic amines) is 1. The van der Waals surface area contributed by atoms with Crippen molar-refractivity contribution in [2.24, 2.45) is 0 Å². The number of hydrogen-bond acceptors (Lipinski definition) is 4. The van der Waals surface area contributed by atoms with Crippen molar-refractivity contribution >= 4 is 11.5 Å². The summed E-state index contributed by atoms with van der Waals surface area (Å²) in [4.78, 5) is 18.9. The molecule has 1 aromatic rings. The minimum Gasteiger partial charge on any atom is -0.508 e. The van der Waals surface area contributed by atoms with E-state index in [0.29, 0.717) is 29.8 Å². The molecule has 0 spiro atoms. The van der Waals surface area contributed by atoms with Gasteiger partial charge in [-0.25, -0.2) is 4.98 Å². The molecular formula is C18H22N2O3. The molecule has 2 heterocycles. The first-order valence-corrected chi connectivity index (χ1v) is 8.08. The monoisotopic (exact) mass is 314 g/mol. The second-order valence-electron chi connectivity index (χ2n) is 6.13. The van der Waals surface area contributed by atoms with Gasteiger partial charge < -0.3 is 14.4 Å². The summed E-state index contributed by atoms with van der Waals surface area (Å²) in [6.07, 6.45) is 10.1. The van der Waals surface area contributed by atoms with E-state index in [1.54, 1.807) is 18.2 Å². The fourth-order valence-corrected chi connectivity index (χ4v) is 3.04. The standard InChI is InChI=1S/C18H22N2O3/c1-12-5-4-10-20(12)17(22)11-16-13(2)23-18(19-16)14-6-3-7-15(21)9-8-14/h6-9,12,21H,3-5,10-11H2,1-2H3/t12-/m1/s1. The van der Waals surface area contributed by atoms with Crippen molar-refractivity contribution in [2.45, 2.75) is 45.6 Å². The number of hydrogen-bond donors (Lipinski definition) is 1. The van der Waals surface area contributed by atoms with Gasteiger partial charge in [-0.2, -0.15) is 0 Å². The van der Waals surface area contributed by atoms with Gasteiger partial charge in [0.1, 0.15) is 11.5 Å². The van der Waals surface area contributed by atoms with Crippen LogP contribution in [0.15, 0.2) is 34.5 Å². The molecule has 0 saturated carbocycles. The predicted molar refractivity (Wildman–Crippen MR) is 87.8 cm³/mol. The zero-order valence-electron chi connectivity index (χ0n) is 13.6. The molecule has 0 radical (unpaired) electrons. The van der Waals surface area contributed by atoms with Crippen LogP contribution in [0.1, 0.15) is 43.5 Å². The lowest BCUT2D eigenvalue weighted by atomic mass is 10.2. The SMILES string of the molecule is Cc1oc(C2=CCC=C(O)C=C2)nc1CC(=O)N1CCC[C@H]1C. The topological polar surface area (TPSA) is 66.6 Å². The Balaban J connectivity index is 1.75. The van der Waals surface area contributed by atoms with Crippen LogP contribution in [0.3, 0.4) is 0 Å². The zero-order valence-corrected chi connectivity index (χ0v) is 13.6. The van der Waals surface area contributed by atoms with Crippen molar-refractivity contribution in [3.63, 3.8) is 0 Å². The summed E-state index contributed by atoms with van der Waals surface area (Å²) in [5.74, 6) is 1.52. The molecule has 5 nitrogen and oxygen atoms in total. The fourth-order valence-electron chi connectivity index (χ4n) is 3.04. The molecule has 1 N–H and O–H groups in total. The van der Waals surface area contributed by atoms with E-state index in [1.165, 1.54) is 0 Å². The molecule has 1 fully saturated rings. The number of oxazole rings is 1. The summed E-state index contributed by atoms with van der Waals surface area (Å²) in [5.41, 5.74) is 1.52. The summed E-state index contributed by atoms with van der Waals surface area (Å²) >= 11 is 0. The van der Waals surface area contributed by atoms with E-state index in [4.69, 9.17) is 4.42 Å². The first-order valence-electron chi connectivity index (χ1n) is 8.08. The molecule has 1 aliphatic carbocycles. The number of allylic oxidation sites excluding steroid dienone is 5. The van der Waals surface area contributed by atoms with Gasteiger partial charge in [0, 0.05) is 18.2 Å². The van der Waals surface area contributed by atoms with Crippen molar-refractivity contribution in [2.75, 3.05) is 6.54 Å². The number of amides is 1. The summed E-state index contributed by atoms with van der Waals surface area (Å²) in [6.45, 7) is 4.76. The van der Waals surface area contributed by atoms with Gasteiger partial charge in [0.25, 0.3) is 0 Å². The van der Waals surface area contributed by atoms with Crippen LogP contribution in [-0.4, -0.2) is 33.5 Å². The van der Waals surface area contributed by atoms with Crippen molar-refractivity contribution in [1.82, 2.24) is 9.88 Å². The lowest BCUT2D eigenvalue weighted by Gasteiger charge is -2.20. The molecule has 1 aliphatic heterocycles. The molecule has 0 unspecified atom stereocenters. The van der Waals surface area contributed by atoms with Gasteiger partial charge in [-0.1, -0.05) is 6.08 Å². The van der Waals surface area contributed by atoms with Crippen molar-refractivity contribution < 1.29 is 14.3 Å². The van der Waals surface area contributed by atoms with Gasteiger partial charge in [0.2, 0.25) is 11.8 Å². The van der Waals surface area contributed by atoms with Crippen LogP contribution < -0.4 is 0 Å². The van der Waals surface area contributed by atoms with E-state index in [0.717, 1.165) is 25.0 Å². The highest BCUT2D eigenvalue weighted by molar-refractivity contribution is 5.79. The van der Waals surface area contributed by atoms with E-state index in [1.807, 2.05) is 17.9 Å². The van der Waals surface area contributed by atoms with Crippen LogP contribution in [0.25, 0.3) is 5.57 Å². The number of aryl methyl sites for hydroxylation is 1. The fraction of sp³-hybridized carbons (Fsp3) is 0.444. The maximum absolute atomic E-state index is 12.4. The Hall–Kier alpha value is -2.30.